The number of hydrogen-bond acceptors (Lipinski definition) is 2. The number of urea groups is 1. The largest absolute Gasteiger partial charge is 0.386 e. The van der Waals surface area contributed by atoms with E-state index in [2.05, 4.69) is 10.6 Å². The van der Waals surface area contributed by atoms with Gasteiger partial charge in [0.2, 0.25) is 0 Å². The van der Waals surface area contributed by atoms with Crippen LogP contribution in [0.3, 0.4) is 0 Å². The van der Waals surface area contributed by atoms with Gasteiger partial charge in [0.05, 0.1) is 6.04 Å². The molecule has 0 saturated carbocycles. The predicted molar refractivity (Wildman–Crippen MR) is 67.8 cm³/mol. The van der Waals surface area contributed by atoms with Crippen LogP contribution in [0.1, 0.15) is 18.9 Å². The molecule has 2 amide bonds. The second-order valence-electron chi connectivity index (χ2n) is 3.73. The minimum atomic E-state index is -0.397. The van der Waals surface area contributed by atoms with Crippen LogP contribution < -0.4 is 16.4 Å². The van der Waals surface area contributed by atoms with Crippen LogP contribution in [0.4, 0.5) is 4.79 Å². The summed E-state index contributed by atoms with van der Waals surface area (Å²) in [6.45, 7) is 2.32. The Morgan fingerprint density at radius 2 is 2.06 bits per heavy atom. The highest BCUT2D eigenvalue weighted by Crippen LogP contribution is 1.97. The van der Waals surface area contributed by atoms with Crippen molar-refractivity contribution in [3.8, 4) is 0 Å². The molecule has 0 aromatic heterocycles. The second-order valence-corrected chi connectivity index (χ2v) is 3.73. The standard InChI is InChI=1S/C12H18N4O/c1-2-10(11(13)14)16-12(17)15-8-9-6-4-3-5-7-9/h3-7,10H,2,8H2,1H3,(H3,13,14)(H2,15,16,17). The summed E-state index contributed by atoms with van der Waals surface area (Å²) >= 11 is 0. The molecule has 1 atom stereocenters. The molecule has 0 fully saturated rings. The van der Waals surface area contributed by atoms with Gasteiger partial charge in [0.25, 0.3) is 0 Å². The van der Waals surface area contributed by atoms with Crippen molar-refractivity contribution in [3.63, 3.8) is 0 Å². The van der Waals surface area contributed by atoms with Crippen molar-refractivity contribution >= 4 is 11.9 Å². The summed E-state index contributed by atoms with van der Waals surface area (Å²) in [6.07, 6.45) is 0.605. The lowest BCUT2D eigenvalue weighted by atomic mass is 10.2. The first kappa shape index (κ1) is 13.0. The van der Waals surface area contributed by atoms with Gasteiger partial charge in [-0.1, -0.05) is 37.3 Å². The summed E-state index contributed by atoms with van der Waals surface area (Å²) < 4.78 is 0. The Hall–Kier alpha value is -2.04. The maximum Gasteiger partial charge on any atom is 0.315 e. The van der Waals surface area contributed by atoms with Crippen LogP contribution in [-0.4, -0.2) is 17.9 Å². The second kappa shape index (κ2) is 6.52. The highest BCUT2D eigenvalue weighted by Gasteiger charge is 2.12. The summed E-state index contributed by atoms with van der Waals surface area (Å²) in [6, 6.07) is 8.91. The highest BCUT2D eigenvalue weighted by molar-refractivity contribution is 5.87. The van der Waals surface area contributed by atoms with Gasteiger partial charge in [-0.3, -0.25) is 5.41 Å². The maximum atomic E-state index is 11.5. The molecule has 0 aliphatic carbocycles. The summed E-state index contributed by atoms with van der Waals surface area (Å²) in [5.41, 5.74) is 6.37. The molecule has 5 N–H and O–H groups in total. The van der Waals surface area contributed by atoms with Gasteiger partial charge in [-0.2, -0.15) is 0 Å². The number of amidine groups is 1. The number of carbonyl (C=O) groups excluding carboxylic acids is 1. The van der Waals surface area contributed by atoms with Gasteiger partial charge >= 0.3 is 6.03 Å². The Kier molecular flexibility index (Phi) is 5.00. The fraction of sp³-hybridized carbons (Fsp3) is 0.333. The van der Waals surface area contributed by atoms with Crippen LogP contribution >= 0.6 is 0 Å². The van der Waals surface area contributed by atoms with Gasteiger partial charge in [0.1, 0.15) is 5.84 Å². The van der Waals surface area contributed by atoms with E-state index in [0.717, 1.165) is 5.56 Å². The lowest BCUT2D eigenvalue weighted by Crippen LogP contribution is -2.47. The zero-order chi connectivity index (χ0) is 12.7. The molecule has 0 radical (unpaired) electrons. The average molecular weight is 234 g/mol. The predicted octanol–water partition coefficient (Wildman–Crippen LogP) is 1.20. The fourth-order valence-electron chi connectivity index (χ4n) is 1.39. The van der Waals surface area contributed by atoms with Crippen molar-refractivity contribution in [2.45, 2.75) is 25.9 Å². The minimum Gasteiger partial charge on any atom is -0.386 e. The van der Waals surface area contributed by atoms with E-state index in [1.165, 1.54) is 0 Å². The SMILES string of the molecule is CCC(NC(=O)NCc1ccccc1)C(=N)N. The molecule has 0 aliphatic rings. The minimum absolute atomic E-state index is 0.0256. The fourth-order valence-corrected chi connectivity index (χ4v) is 1.39. The number of nitrogens with one attached hydrogen (secondary N) is 3. The Balaban J connectivity index is 2.37. The number of carbonyl (C=O) groups is 1. The number of hydrogen-bond donors (Lipinski definition) is 4. The smallest absolute Gasteiger partial charge is 0.315 e. The first-order chi connectivity index (χ1) is 8.13. The van der Waals surface area contributed by atoms with Crippen LogP contribution in [0.25, 0.3) is 0 Å². The van der Waals surface area contributed by atoms with E-state index in [-0.39, 0.29) is 11.9 Å². The van der Waals surface area contributed by atoms with E-state index in [1.54, 1.807) is 0 Å². The molecule has 0 saturated heterocycles. The van der Waals surface area contributed by atoms with E-state index < -0.39 is 6.04 Å². The number of nitrogens with two attached hydrogens (primary N) is 1. The zero-order valence-electron chi connectivity index (χ0n) is 9.86. The van der Waals surface area contributed by atoms with E-state index in [0.29, 0.717) is 13.0 Å². The van der Waals surface area contributed by atoms with Crippen molar-refractivity contribution < 1.29 is 4.79 Å². The molecule has 0 aliphatic heterocycles. The molecule has 1 aromatic rings. The highest BCUT2D eigenvalue weighted by atomic mass is 16.2. The van der Waals surface area contributed by atoms with Crippen LogP contribution in [0.5, 0.6) is 0 Å². The van der Waals surface area contributed by atoms with E-state index in [9.17, 15) is 4.79 Å². The van der Waals surface area contributed by atoms with E-state index >= 15 is 0 Å². The third-order valence-electron chi connectivity index (χ3n) is 2.38. The molecular formula is C12H18N4O. The lowest BCUT2D eigenvalue weighted by Gasteiger charge is -2.15. The van der Waals surface area contributed by atoms with Gasteiger partial charge in [-0.25, -0.2) is 4.79 Å². The molecule has 1 aromatic carbocycles. The van der Waals surface area contributed by atoms with Gasteiger partial charge in [0, 0.05) is 6.54 Å². The van der Waals surface area contributed by atoms with Crippen LogP contribution in [0.15, 0.2) is 30.3 Å². The average Bonchev–Trinajstić information content (AvgIpc) is 2.34. The summed E-state index contributed by atoms with van der Waals surface area (Å²) in [5.74, 6) is -0.0256. The van der Waals surface area contributed by atoms with E-state index in [1.807, 2.05) is 37.3 Å². The quantitative estimate of drug-likeness (QED) is 0.455. The molecule has 92 valence electrons. The van der Waals surface area contributed by atoms with Crippen molar-refractivity contribution in [2.75, 3.05) is 0 Å². The first-order valence-corrected chi connectivity index (χ1v) is 5.55. The number of rotatable bonds is 5. The number of benzene rings is 1. The van der Waals surface area contributed by atoms with Crippen LogP contribution in [-0.2, 0) is 6.54 Å². The van der Waals surface area contributed by atoms with E-state index in [4.69, 9.17) is 11.1 Å². The molecule has 1 unspecified atom stereocenters. The lowest BCUT2D eigenvalue weighted by molar-refractivity contribution is 0.239. The van der Waals surface area contributed by atoms with Crippen molar-refractivity contribution in [2.24, 2.45) is 5.73 Å². The van der Waals surface area contributed by atoms with Gasteiger partial charge < -0.3 is 16.4 Å². The molecule has 17 heavy (non-hydrogen) atoms. The first-order valence-electron chi connectivity index (χ1n) is 5.55. The van der Waals surface area contributed by atoms with Gasteiger partial charge in [-0.05, 0) is 12.0 Å². The molecule has 5 nitrogen and oxygen atoms in total. The van der Waals surface area contributed by atoms with Crippen molar-refractivity contribution in [3.05, 3.63) is 35.9 Å². The normalized spacial score (nSPS) is 11.6. The third-order valence-corrected chi connectivity index (χ3v) is 2.38. The third kappa shape index (κ3) is 4.55. The van der Waals surface area contributed by atoms with Crippen molar-refractivity contribution in [1.82, 2.24) is 10.6 Å². The summed E-state index contributed by atoms with van der Waals surface area (Å²) in [4.78, 5) is 11.5. The summed E-state index contributed by atoms with van der Waals surface area (Å²) in [7, 11) is 0. The molecule has 1 rings (SSSR count). The van der Waals surface area contributed by atoms with Crippen LogP contribution in [0.2, 0.25) is 0 Å². The molecule has 5 heteroatoms. The molecule has 0 spiro atoms. The maximum absolute atomic E-state index is 11.5. The van der Waals surface area contributed by atoms with Crippen molar-refractivity contribution in [1.29, 1.82) is 5.41 Å². The van der Waals surface area contributed by atoms with Gasteiger partial charge in [0.15, 0.2) is 0 Å². The Bertz CT molecular complexity index is 377. The zero-order valence-corrected chi connectivity index (χ0v) is 9.86. The molecular weight excluding hydrogens is 216 g/mol. The Morgan fingerprint density at radius 1 is 1.41 bits per heavy atom. The van der Waals surface area contributed by atoms with Crippen LogP contribution in [0, 0.1) is 5.41 Å². The number of amides is 2. The Labute approximate surface area is 101 Å². The molecule has 0 bridgehead atoms. The summed E-state index contributed by atoms with van der Waals surface area (Å²) in [5, 5.41) is 12.6. The topological polar surface area (TPSA) is 91.0 Å². The van der Waals surface area contributed by atoms with Gasteiger partial charge in [-0.15, -0.1) is 0 Å². The molecule has 0 heterocycles. The monoisotopic (exact) mass is 234 g/mol. The Morgan fingerprint density at radius 3 is 2.59 bits per heavy atom.